The fraction of sp³-hybridized carbons (Fsp3) is 0.353. The molecule has 5 aromatic rings. The molecule has 2 aliphatic carbocycles. The van der Waals surface area contributed by atoms with E-state index in [2.05, 4.69) is 44.2 Å². The third-order valence-corrected chi connectivity index (χ3v) is 9.21. The molecule has 8 rings (SSSR count). The van der Waals surface area contributed by atoms with E-state index >= 15 is 0 Å². The van der Waals surface area contributed by atoms with Gasteiger partial charge in [-0.2, -0.15) is 10.4 Å². The third-order valence-electron chi connectivity index (χ3n) is 9.21. The van der Waals surface area contributed by atoms with Gasteiger partial charge in [0.05, 0.1) is 11.6 Å². The van der Waals surface area contributed by atoms with Gasteiger partial charge < -0.3 is 16.0 Å². The molecule has 228 valence electrons. The maximum Gasteiger partial charge on any atom is 0.243 e. The number of nitriles is 1. The zero-order valence-electron chi connectivity index (χ0n) is 25.4. The summed E-state index contributed by atoms with van der Waals surface area (Å²) in [5.41, 5.74) is 11.8. The molecule has 3 N–H and O–H groups in total. The van der Waals surface area contributed by atoms with Crippen molar-refractivity contribution in [1.82, 2.24) is 39.5 Å². The van der Waals surface area contributed by atoms with Crippen LogP contribution in [0.3, 0.4) is 0 Å². The highest BCUT2D eigenvalue weighted by Crippen LogP contribution is 2.46. The number of benzene rings is 1. The molecule has 5 heterocycles. The van der Waals surface area contributed by atoms with Crippen LogP contribution < -0.4 is 11.1 Å². The predicted octanol–water partition coefficient (Wildman–Crippen LogP) is 4.24. The SMILES string of the molecule is CNC1CCN(C(=O)C2(C#N)CC2)CC1.Nc1ncccc1-c1nc2ccc(-n3cccn3)nc2n1-c1ccc2c(c1)CCC2. The number of nitrogens with zero attached hydrogens (tertiary/aromatic N) is 8. The molecular formula is C34H36N10O. The van der Waals surface area contributed by atoms with E-state index in [0.717, 1.165) is 85.7 Å². The van der Waals surface area contributed by atoms with Crippen molar-refractivity contribution in [3.63, 3.8) is 0 Å². The molecular weight excluding hydrogens is 564 g/mol. The number of fused-ring (bicyclic) bond motifs is 2. The lowest BCUT2D eigenvalue weighted by atomic mass is 10.0. The first-order valence-electron chi connectivity index (χ1n) is 15.6. The van der Waals surface area contributed by atoms with Crippen molar-refractivity contribution in [2.24, 2.45) is 5.41 Å². The van der Waals surface area contributed by atoms with Crippen molar-refractivity contribution in [2.75, 3.05) is 25.9 Å². The first kappa shape index (κ1) is 28.7. The lowest BCUT2D eigenvalue weighted by Crippen LogP contribution is -2.46. The highest BCUT2D eigenvalue weighted by Gasteiger charge is 2.52. The normalized spacial score (nSPS) is 16.9. The van der Waals surface area contributed by atoms with Gasteiger partial charge in [-0.1, -0.05) is 6.07 Å². The first-order valence-corrected chi connectivity index (χ1v) is 15.6. The van der Waals surface area contributed by atoms with Crippen LogP contribution in [-0.4, -0.2) is 66.3 Å². The van der Waals surface area contributed by atoms with Gasteiger partial charge in [0, 0.05) is 43.4 Å². The number of hydrogen-bond donors (Lipinski definition) is 2. The number of nitrogen functional groups attached to an aromatic ring is 1. The molecule has 4 aromatic heterocycles. The molecule has 0 atom stereocenters. The summed E-state index contributed by atoms with van der Waals surface area (Å²) in [7, 11) is 1.96. The number of piperidine rings is 1. The number of aromatic nitrogens is 6. The minimum atomic E-state index is -0.632. The molecule has 0 bridgehead atoms. The molecule has 3 aliphatic rings. The van der Waals surface area contributed by atoms with Crippen molar-refractivity contribution in [3.05, 3.63) is 78.2 Å². The van der Waals surface area contributed by atoms with Gasteiger partial charge in [0.15, 0.2) is 17.3 Å². The molecule has 45 heavy (non-hydrogen) atoms. The Kier molecular flexibility index (Phi) is 7.51. The number of rotatable bonds is 5. The molecule has 1 saturated carbocycles. The Morgan fingerprint density at radius 3 is 2.58 bits per heavy atom. The summed E-state index contributed by atoms with van der Waals surface area (Å²) >= 11 is 0. The number of imidazole rings is 1. The van der Waals surface area contributed by atoms with Crippen LogP contribution in [0.25, 0.3) is 34.1 Å². The summed E-state index contributed by atoms with van der Waals surface area (Å²) in [5, 5.41) is 16.5. The average molecular weight is 601 g/mol. The zero-order chi connectivity index (χ0) is 31.0. The fourth-order valence-corrected chi connectivity index (χ4v) is 6.38. The molecule has 2 fully saturated rings. The maximum atomic E-state index is 12.0. The molecule has 0 spiro atoms. The van der Waals surface area contributed by atoms with Crippen LogP contribution in [0.5, 0.6) is 0 Å². The van der Waals surface area contributed by atoms with E-state index in [1.807, 2.05) is 48.5 Å². The van der Waals surface area contributed by atoms with E-state index < -0.39 is 5.41 Å². The van der Waals surface area contributed by atoms with Gasteiger partial charge in [-0.05, 0) is 106 Å². The monoisotopic (exact) mass is 600 g/mol. The first-order chi connectivity index (χ1) is 22.0. The quantitative estimate of drug-likeness (QED) is 0.305. The zero-order valence-corrected chi connectivity index (χ0v) is 25.4. The molecule has 1 aromatic carbocycles. The van der Waals surface area contributed by atoms with Crippen LogP contribution in [0.15, 0.2) is 67.1 Å². The lowest BCUT2D eigenvalue weighted by molar-refractivity contribution is -0.136. The van der Waals surface area contributed by atoms with Gasteiger partial charge in [0.25, 0.3) is 0 Å². The Hall–Kier alpha value is -5.08. The van der Waals surface area contributed by atoms with Crippen molar-refractivity contribution in [3.8, 4) is 29.0 Å². The van der Waals surface area contributed by atoms with Crippen LogP contribution in [-0.2, 0) is 17.6 Å². The number of anilines is 1. The summed E-state index contributed by atoms with van der Waals surface area (Å²) in [6.07, 6.45) is 12.3. The summed E-state index contributed by atoms with van der Waals surface area (Å²) < 4.78 is 3.83. The van der Waals surface area contributed by atoms with Gasteiger partial charge in [-0.3, -0.25) is 9.36 Å². The molecule has 1 saturated heterocycles. The number of nitrogens with two attached hydrogens (primary N) is 1. The molecule has 0 radical (unpaired) electrons. The maximum absolute atomic E-state index is 12.0. The average Bonchev–Trinajstić information content (AvgIpc) is 3.41. The Balaban J connectivity index is 0.000000183. The molecule has 11 heteroatoms. The highest BCUT2D eigenvalue weighted by atomic mass is 16.2. The van der Waals surface area contributed by atoms with Crippen molar-refractivity contribution >= 4 is 22.9 Å². The molecule has 1 amide bonds. The number of likely N-dealkylation sites (tertiary alicyclic amines) is 1. The molecule has 1 aliphatic heterocycles. The topological polar surface area (TPSA) is 144 Å². The highest BCUT2D eigenvalue weighted by molar-refractivity contribution is 5.88. The predicted molar refractivity (Wildman–Crippen MR) is 172 cm³/mol. The number of hydrogen-bond acceptors (Lipinski definition) is 8. The van der Waals surface area contributed by atoms with Crippen LogP contribution >= 0.6 is 0 Å². The van der Waals surface area contributed by atoms with Crippen LogP contribution in [0.4, 0.5) is 5.82 Å². The minimum absolute atomic E-state index is 0.0690. The number of aryl methyl sites for hydroxylation is 2. The van der Waals surface area contributed by atoms with Crippen LogP contribution in [0, 0.1) is 16.7 Å². The summed E-state index contributed by atoms with van der Waals surface area (Å²) in [4.78, 5) is 27.9. The lowest BCUT2D eigenvalue weighted by Gasteiger charge is -2.32. The Morgan fingerprint density at radius 1 is 1.04 bits per heavy atom. The Labute approximate surface area is 261 Å². The summed E-state index contributed by atoms with van der Waals surface area (Å²) in [5.74, 6) is 1.99. The standard InChI is InChI=1S/C23H19N7.C11H17N3O/c24-21-18(6-2-11-25-21)22-27-19-9-10-20(29-13-3-12-26-29)28-23(19)30(22)17-8-7-15-4-1-5-16(15)14-17;1-13-9-2-6-14(7-3-9)10(15)11(8-12)4-5-11/h2-3,6-14H,1,4-5H2,(H2,24,25);9,13H,2-7H2,1H3. The van der Waals surface area contributed by atoms with Crippen molar-refractivity contribution in [2.45, 2.75) is 51.0 Å². The Morgan fingerprint density at radius 2 is 1.87 bits per heavy atom. The van der Waals surface area contributed by atoms with E-state index in [9.17, 15) is 4.79 Å². The number of nitrogens with one attached hydrogen (secondary N) is 1. The largest absolute Gasteiger partial charge is 0.383 e. The number of amides is 1. The molecule has 0 unspecified atom stereocenters. The number of carbonyl (C=O) groups excluding carboxylic acids is 1. The third kappa shape index (κ3) is 5.42. The van der Waals surface area contributed by atoms with Crippen molar-refractivity contribution in [1.29, 1.82) is 5.26 Å². The smallest absolute Gasteiger partial charge is 0.243 e. The van der Waals surface area contributed by atoms with Gasteiger partial charge in [-0.15, -0.1) is 0 Å². The molecule has 11 nitrogen and oxygen atoms in total. The minimum Gasteiger partial charge on any atom is -0.383 e. The second-order valence-corrected chi connectivity index (χ2v) is 12.0. The Bertz CT molecular complexity index is 1890. The van der Waals surface area contributed by atoms with E-state index in [1.165, 1.54) is 17.5 Å². The van der Waals surface area contributed by atoms with E-state index in [-0.39, 0.29) is 5.91 Å². The van der Waals surface area contributed by atoms with E-state index in [4.69, 9.17) is 21.0 Å². The summed E-state index contributed by atoms with van der Waals surface area (Å²) in [6.45, 7) is 1.60. The second kappa shape index (κ2) is 11.8. The summed E-state index contributed by atoms with van der Waals surface area (Å²) in [6, 6.07) is 18.9. The second-order valence-electron chi connectivity index (χ2n) is 12.0. The fourth-order valence-electron chi connectivity index (χ4n) is 6.38. The van der Waals surface area contributed by atoms with Gasteiger partial charge in [0.1, 0.15) is 16.7 Å². The van der Waals surface area contributed by atoms with E-state index in [1.54, 1.807) is 17.1 Å². The number of pyridine rings is 2. The van der Waals surface area contributed by atoms with Gasteiger partial charge in [0.2, 0.25) is 5.91 Å². The van der Waals surface area contributed by atoms with Crippen molar-refractivity contribution < 1.29 is 4.79 Å². The van der Waals surface area contributed by atoms with E-state index in [0.29, 0.717) is 11.9 Å². The number of carbonyl (C=O) groups is 1. The van der Waals surface area contributed by atoms with Crippen LogP contribution in [0.2, 0.25) is 0 Å². The van der Waals surface area contributed by atoms with Gasteiger partial charge in [-0.25, -0.2) is 19.6 Å². The van der Waals surface area contributed by atoms with Gasteiger partial charge >= 0.3 is 0 Å². The van der Waals surface area contributed by atoms with Crippen LogP contribution in [0.1, 0.15) is 43.2 Å².